The Kier molecular flexibility index (Phi) is 3.66. The van der Waals surface area contributed by atoms with Crippen LogP contribution >= 0.6 is 0 Å². The van der Waals surface area contributed by atoms with Gasteiger partial charge in [0.05, 0.1) is 0 Å². The topological polar surface area (TPSA) is 53.1 Å². The lowest BCUT2D eigenvalue weighted by atomic mass is 10.1. The number of hydrogen-bond donors (Lipinski definition) is 2. The van der Waals surface area contributed by atoms with Gasteiger partial charge in [0.1, 0.15) is 11.7 Å². The minimum Gasteiger partial charge on any atom is -0.384 e. The molecule has 2 atom stereocenters. The van der Waals surface area contributed by atoms with Crippen molar-refractivity contribution < 1.29 is 4.39 Å². The molecule has 0 bridgehead atoms. The standard InChI is InChI=1S/C14H20FN3/c1-9-3-12(9)8-18(2)7-10-4-11(14(16)17)6-13(15)5-10/h4-6,9,12H,3,7-8H2,1-2H3,(H3,16,17). The summed E-state index contributed by atoms with van der Waals surface area (Å²) in [5.74, 6) is 1.20. The monoisotopic (exact) mass is 249 g/mol. The highest BCUT2D eigenvalue weighted by Gasteiger charge is 2.32. The van der Waals surface area contributed by atoms with Crippen LogP contribution in [-0.2, 0) is 6.54 Å². The van der Waals surface area contributed by atoms with E-state index in [-0.39, 0.29) is 11.7 Å². The Morgan fingerprint density at radius 3 is 2.72 bits per heavy atom. The number of hydrogen-bond acceptors (Lipinski definition) is 2. The number of halogens is 1. The fourth-order valence-corrected chi connectivity index (χ4v) is 2.33. The minimum absolute atomic E-state index is 0.0887. The van der Waals surface area contributed by atoms with Gasteiger partial charge in [0.25, 0.3) is 0 Å². The molecule has 1 aliphatic rings. The van der Waals surface area contributed by atoms with Crippen molar-refractivity contribution in [3.8, 4) is 0 Å². The molecule has 3 nitrogen and oxygen atoms in total. The van der Waals surface area contributed by atoms with Gasteiger partial charge in [0, 0.05) is 18.7 Å². The van der Waals surface area contributed by atoms with Gasteiger partial charge in [-0.1, -0.05) is 6.92 Å². The predicted molar refractivity (Wildman–Crippen MR) is 71.0 cm³/mol. The molecule has 18 heavy (non-hydrogen) atoms. The highest BCUT2D eigenvalue weighted by Crippen LogP contribution is 2.38. The van der Waals surface area contributed by atoms with E-state index in [1.807, 2.05) is 7.05 Å². The van der Waals surface area contributed by atoms with Crippen molar-refractivity contribution in [1.82, 2.24) is 4.90 Å². The third-order valence-electron chi connectivity index (χ3n) is 3.54. The maximum atomic E-state index is 13.4. The summed E-state index contributed by atoms with van der Waals surface area (Å²) in [6, 6.07) is 4.60. The van der Waals surface area contributed by atoms with E-state index in [1.54, 1.807) is 6.07 Å². The maximum absolute atomic E-state index is 13.4. The minimum atomic E-state index is -0.328. The molecule has 2 unspecified atom stereocenters. The number of amidine groups is 1. The van der Waals surface area contributed by atoms with Gasteiger partial charge in [-0.3, -0.25) is 5.41 Å². The zero-order valence-electron chi connectivity index (χ0n) is 10.9. The number of nitrogen functional groups attached to an aromatic ring is 1. The molecule has 4 heteroatoms. The van der Waals surface area contributed by atoms with E-state index in [0.717, 1.165) is 23.9 Å². The lowest BCUT2D eigenvalue weighted by molar-refractivity contribution is 0.307. The van der Waals surface area contributed by atoms with Crippen molar-refractivity contribution >= 4 is 5.84 Å². The predicted octanol–water partition coefficient (Wildman–Crippen LogP) is 2.20. The molecule has 98 valence electrons. The molecule has 1 fully saturated rings. The second-order valence-electron chi connectivity index (χ2n) is 5.43. The molecule has 0 spiro atoms. The molecular weight excluding hydrogens is 229 g/mol. The van der Waals surface area contributed by atoms with Crippen LogP contribution in [0, 0.1) is 23.1 Å². The van der Waals surface area contributed by atoms with E-state index in [9.17, 15) is 4.39 Å². The fraction of sp³-hybridized carbons (Fsp3) is 0.500. The normalized spacial score (nSPS) is 22.2. The highest BCUT2D eigenvalue weighted by atomic mass is 19.1. The Balaban J connectivity index is 2.01. The van der Waals surface area contributed by atoms with Crippen LogP contribution in [0.1, 0.15) is 24.5 Å². The molecule has 1 aromatic rings. The van der Waals surface area contributed by atoms with E-state index in [4.69, 9.17) is 11.1 Å². The maximum Gasteiger partial charge on any atom is 0.124 e. The molecule has 0 aromatic heterocycles. The third-order valence-corrected chi connectivity index (χ3v) is 3.54. The van der Waals surface area contributed by atoms with Gasteiger partial charge in [-0.25, -0.2) is 4.39 Å². The fourth-order valence-electron chi connectivity index (χ4n) is 2.33. The van der Waals surface area contributed by atoms with E-state index in [2.05, 4.69) is 11.8 Å². The van der Waals surface area contributed by atoms with Crippen molar-refractivity contribution in [2.45, 2.75) is 19.9 Å². The average molecular weight is 249 g/mol. The summed E-state index contributed by atoms with van der Waals surface area (Å²) < 4.78 is 13.4. The van der Waals surface area contributed by atoms with Gasteiger partial charge in [-0.15, -0.1) is 0 Å². The molecule has 3 N–H and O–H groups in total. The number of rotatable bonds is 5. The van der Waals surface area contributed by atoms with Crippen LogP contribution < -0.4 is 5.73 Å². The second kappa shape index (κ2) is 5.06. The van der Waals surface area contributed by atoms with Gasteiger partial charge in [0.2, 0.25) is 0 Å². The third kappa shape index (κ3) is 3.29. The smallest absolute Gasteiger partial charge is 0.124 e. The zero-order chi connectivity index (χ0) is 13.3. The van der Waals surface area contributed by atoms with Gasteiger partial charge < -0.3 is 10.6 Å². The van der Waals surface area contributed by atoms with Crippen LogP contribution in [0.15, 0.2) is 18.2 Å². The van der Waals surface area contributed by atoms with E-state index in [1.165, 1.54) is 18.6 Å². The summed E-state index contributed by atoms with van der Waals surface area (Å²) in [6.07, 6.45) is 1.30. The van der Waals surface area contributed by atoms with Gasteiger partial charge >= 0.3 is 0 Å². The number of benzene rings is 1. The molecule has 1 aromatic carbocycles. The molecule has 1 aliphatic carbocycles. The van der Waals surface area contributed by atoms with Crippen LogP contribution in [-0.4, -0.2) is 24.3 Å². The van der Waals surface area contributed by atoms with Crippen molar-refractivity contribution in [3.63, 3.8) is 0 Å². The first-order valence-electron chi connectivity index (χ1n) is 6.28. The van der Waals surface area contributed by atoms with Gasteiger partial charge in [-0.2, -0.15) is 0 Å². The summed E-state index contributed by atoms with van der Waals surface area (Å²) in [5, 5.41) is 7.36. The first-order chi connectivity index (χ1) is 8.45. The molecule has 0 heterocycles. The Morgan fingerprint density at radius 1 is 1.50 bits per heavy atom. The number of nitrogens with one attached hydrogen (secondary N) is 1. The quantitative estimate of drug-likeness (QED) is 0.621. The highest BCUT2D eigenvalue weighted by molar-refractivity contribution is 5.95. The van der Waals surface area contributed by atoms with Crippen molar-refractivity contribution in [1.29, 1.82) is 5.41 Å². The molecule has 0 amide bonds. The summed E-state index contributed by atoms with van der Waals surface area (Å²) in [7, 11) is 2.05. The second-order valence-corrected chi connectivity index (χ2v) is 5.43. The molecule has 2 rings (SSSR count). The van der Waals surface area contributed by atoms with Crippen molar-refractivity contribution in [2.24, 2.45) is 17.6 Å². The number of nitrogens with zero attached hydrogens (tertiary/aromatic N) is 1. The number of nitrogens with two attached hydrogens (primary N) is 1. The Morgan fingerprint density at radius 2 is 2.17 bits per heavy atom. The van der Waals surface area contributed by atoms with Crippen LogP contribution in [0.2, 0.25) is 0 Å². The molecule has 0 aliphatic heterocycles. The van der Waals surface area contributed by atoms with Crippen LogP contribution in [0.25, 0.3) is 0 Å². The Labute approximate surface area is 107 Å². The van der Waals surface area contributed by atoms with Crippen LogP contribution in [0.3, 0.4) is 0 Å². The van der Waals surface area contributed by atoms with Crippen molar-refractivity contribution in [2.75, 3.05) is 13.6 Å². The SMILES string of the molecule is CC1CC1CN(C)Cc1cc(F)cc(C(=N)N)c1. The van der Waals surface area contributed by atoms with Gasteiger partial charge in [-0.05, 0) is 49.1 Å². The average Bonchev–Trinajstić information content (AvgIpc) is 2.92. The lowest BCUT2D eigenvalue weighted by Crippen LogP contribution is -2.21. The largest absolute Gasteiger partial charge is 0.384 e. The van der Waals surface area contributed by atoms with E-state index < -0.39 is 0 Å². The first-order valence-corrected chi connectivity index (χ1v) is 6.28. The van der Waals surface area contributed by atoms with Gasteiger partial charge in [0.15, 0.2) is 0 Å². The summed E-state index contributed by atoms with van der Waals surface area (Å²) in [6.45, 7) is 4.00. The van der Waals surface area contributed by atoms with Crippen LogP contribution in [0.5, 0.6) is 0 Å². The van der Waals surface area contributed by atoms with Crippen LogP contribution in [0.4, 0.5) is 4.39 Å². The molecule has 0 radical (unpaired) electrons. The van der Waals surface area contributed by atoms with E-state index in [0.29, 0.717) is 12.1 Å². The zero-order valence-corrected chi connectivity index (χ0v) is 10.9. The lowest BCUT2D eigenvalue weighted by Gasteiger charge is -2.17. The summed E-state index contributed by atoms with van der Waals surface area (Å²) >= 11 is 0. The van der Waals surface area contributed by atoms with Crippen molar-refractivity contribution in [3.05, 3.63) is 35.1 Å². The Bertz CT molecular complexity index is 458. The first kappa shape index (κ1) is 13.0. The Hall–Kier alpha value is -1.42. The summed E-state index contributed by atoms with van der Waals surface area (Å²) in [4.78, 5) is 2.20. The van der Waals surface area contributed by atoms with E-state index >= 15 is 0 Å². The summed E-state index contributed by atoms with van der Waals surface area (Å²) in [5.41, 5.74) is 6.72. The molecule has 1 saturated carbocycles. The molecular formula is C14H20FN3. The molecule has 0 saturated heterocycles.